The second kappa shape index (κ2) is 4.71. The third-order valence-corrected chi connectivity index (χ3v) is 3.35. The second-order valence-electron chi connectivity index (χ2n) is 4.62. The van der Waals surface area contributed by atoms with Crippen LogP contribution < -0.4 is 4.74 Å². The number of fused-ring (bicyclic) bond motifs is 1. The van der Waals surface area contributed by atoms with Crippen LogP contribution in [0.5, 0.6) is 5.75 Å². The van der Waals surface area contributed by atoms with Crippen LogP contribution in [0.2, 0.25) is 0 Å². The number of para-hydroxylation sites is 1. The standard InChI is InChI=1S/C16H12N2O2/c1-18-15(19)13-4-2-3-5-14(13)20-16(18)12-8-6-11(10-17)7-9-12/h2-9,16H,1H3. The minimum Gasteiger partial charge on any atom is -0.465 e. The Hall–Kier alpha value is -2.80. The van der Waals surface area contributed by atoms with E-state index >= 15 is 0 Å². The van der Waals surface area contributed by atoms with Gasteiger partial charge < -0.3 is 9.64 Å². The highest BCUT2D eigenvalue weighted by atomic mass is 16.5. The van der Waals surface area contributed by atoms with Gasteiger partial charge in [0.2, 0.25) is 6.23 Å². The van der Waals surface area contributed by atoms with Crippen molar-refractivity contribution in [3.05, 3.63) is 65.2 Å². The fourth-order valence-corrected chi connectivity index (χ4v) is 2.26. The van der Waals surface area contributed by atoms with Crippen LogP contribution in [-0.2, 0) is 0 Å². The zero-order valence-electron chi connectivity index (χ0n) is 10.9. The molecule has 1 unspecified atom stereocenters. The van der Waals surface area contributed by atoms with Gasteiger partial charge in [-0.1, -0.05) is 24.3 Å². The van der Waals surface area contributed by atoms with Crippen LogP contribution in [0.25, 0.3) is 0 Å². The van der Waals surface area contributed by atoms with Crippen LogP contribution in [0.4, 0.5) is 0 Å². The monoisotopic (exact) mass is 264 g/mol. The van der Waals surface area contributed by atoms with Gasteiger partial charge in [0.25, 0.3) is 5.91 Å². The Morgan fingerprint density at radius 2 is 1.85 bits per heavy atom. The van der Waals surface area contributed by atoms with E-state index in [4.69, 9.17) is 10.00 Å². The molecule has 1 aliphatic heterocycles. The Labute approximate surface area is 116 Å². The van der Waals surface area contributed by atoms with Crippen LogP contribution in [0.3, 0.4) is 0 Å². The Bertz CT molecular complexity index is 701. The number of benzene rings is 2. The minimum atomic E-state index is -0.467. The van der Waals surface area contributed by atoms with E-state index in [1.54, 1.807) is 48.3 Å². The molecule has 0 bridgehead atoms. The summed E-state index contributed by atoms with van der Waals surface area (Å²) in [4.78, 5) is 13.9. The van der Waals surface area contributed by atoms with Gasteiger partial charge in [0.15, 0.2) is 0 Å². The fourth-order valence-electron chi connectivity index (χ4n) is 2.26. The van der Waals surface area contributed by atoms with Crippen molar-refractivity contribution in [3.8, 4) is 11.8 Å². The fraction of sp³-hybridized carbons (Fsp3) is 0.125. The lowest BCUT2D eigenvalue weighted by Gasteiger charge is -2.34. The number of nitrogens with zero attached hydrogens (tertiary/aromatic N) is 2. The van der Waals surface area contributed by atoms with Crippen molar-refractivity contribution >= 4 is 5.91 Å². The Kier molecular flexibility index (Phi) is 2.88. The molecular weight excluding hydrogens is 252 g/mol. The largest absolute Gasteiger partial charge is 0.465 e. The SMILES string of the molecule is CN1C(=O)c2ccccc2OC1c1ccc(C#N)cc1. The van der Waals surface area contributed by atoms with Gasteiger partial charge in [-0.05, 0) is 24.3 Å². The lowest BCUT2D eigenvalue weighted by atomic mass is 10.1. The van der Waals surface area contributed by atoms with Gasteiger partial charge in [-0.25, -0.2) is 0 Å². The molecule has 4 nitrogen and oxygen atoms in total. The molecule has 0 aliphatic carbocycles. The molecule has 0 fully saturated rings. The van der Waals surface area contributed by atoms with E-state index in [1.807, 2.05) is 12.1 Å². The lowest BCUT2D eigenvalue weighted by molar-refractivity contribution is 0.0204. The minimum absolute atomic E-state index is 0.0683. The van der Waals surface area contributed by atoms with E-state index in [2.05, 4.69) is 6.07 Å². The molecule has 4 heteroatoms. The number of hydrogen-bond acceptors (Lipinski definition) is 3. The predicted molar refractivity (Wildman–Crippen MR) is 73.1 cm³/mol. The number of hydrogen-bond donors (Lipinski definition) is 0. The number of rotatable bonds is 1. The van der Waals surface area contributed by atoms with Crippen LogP contribution in [0.15, 0.2) is 48.5 Å². The average molecular weight is 264 g/mol. The maximum Gasteiger partial charge on any atom is 0.260 e. The lowest BCUT2D eigenvalue weighted by Crippen LogP contribution is -2.38. The van der Waals surface area contributed by atoms with E-state index in [0.29, 0.717) is 16.9 Å². The quantitative estimate of drug-likeness (QED) is 0.795. The first-order chi connectivity index (χ1) is 9.70. The number of nitriles is 1. The van der Waals surface area contributed by atoms with E-state index in [9.17, 15) is 4.79 Å². The molecule has 0 spiro atoms. The average Bonchev–Trinajstić information content (AvgIpc) is 2.51. The molecule has 0 N–H and O–H groups in total. The van der Waals surface area contributed by atoms with Crippen molar-refractivity contribution in [3.63, 3.8) is 0 Å². The highest BCUT2D eigenvalue weighted by Crippen LogP contribution is 2.33. The third-order valence-electron chi connectivity index (χ3n) is 3.35. The molecule has 3 rings (SSSR count). The molecule has 0 radical (unpaired) electrons. The molecule has 98 valence electrons. The van der Waals surface area contributed by atoms with Crippen molar-refractivity contribution < 1.29 is 9.53 Å². The normalized spacial score (nSPS) is 17.1. The highest BCUT2D eigenvalue weighted by molar-refractivity contribution is 5.97. The van der Waals surface area contributed by atoms with Crippen LogP contribution >= 0.6 is 0 Å². The summed E-state index contributed by atoms with van der Waals surface area (Å²) in [5.41, 5.74) is 1.99. The summed E-state index contributed by atoms with van der Waals surface area (Å²) in [6.07, 6.45) is -0.467. The maximum atomic E-state index is 12.3. The van der Waals surface area contributed by atoms with Crippen LogP contribution in [0, 0.1) is 11.3 Å². The molecule has 1 atom stereocenters. The van der Waals surface area contributed by atoms with E-state index in [1.165, 1.54) is 0 Å². The van der Waals surface area contributed by atoms with Crippen molar-refractivity contribution in [2.45, 2.75) is 6.23 Å². The molecule has 2 aromatic carbocycles. The predicted octanol–water partition coefficient (Wildman–Crippen LogP) is 2.72. The topological polar surface area (TPSA) is 53.3 Å². The van der Waals surface area contributed by atoms with Crippen LogP contribution in [-0.4, -0.2) is 17.9 Å². The molecule has 0 saturated heterocycles. The van der Waals surface area contributed by atoms with Gasteiger partial charge in [0, 0.05) is 12.6 Å². The van der Waals surface area contributed by atoms with E-state index in [-0.39, 0.29) is 5.91 Å². The first-order valence-electron chi connectivity index (χ1n) is 6.23. The van der Waals surface area contributed by atoms with Gasteiger partial charge in [0.1, 0.15) is 5.75 Å². The molecule has 1 aliphatic rings. The molecule has 1 amide bonds. The summed E-state index contributed by atoms with van der Waals surface area (Å²) >= 11 is 0. The molecule has 0 aromatic heterocycles. The molecule has 1 heterocycles. The second-order valence-corrected chi connectivity index (χ2v) is 4.62. The molecule has 20 heavy (non-hydrogen) atoms. The zero-order chi connectivity index (χ0) is 14.1. The smallest absolute Gasteiger partial charge is 0.260 e. The Morgan fingerprint density at radius 1 is 1.15 bits per heavy atom. The van der Waals surface area contributed by atoms with E-state index in [0.717, 1.165) is 5.56 Å². The number of carbonyl (C=O) groups is 1. The molecule has 0 saturated carbocycles. The van der Waals surface area contributed by atoms with Gasteiger partial charge in [0.05, 0.1) is 17.2 Å². The zero-order valence-corrected chi connectivity index (χ0v) is 10.9. The maximum absolute atomic E-state index is 12.3. The van der Waals surface area contributed by atoms with Crippen molar-refractivity contribution in [1.82, 2.24) is 4.90 Å². The summed E-state index contributed by atoms with van der Waals surface area (Å²) in [6.45, 7) is 0. The first kappa shape index (κ1) is 12.2. The van der Waals surface area contributed by atoms with Gasteiger partial charge in [-0.15, -0.1) is 0 Å². The summed E-state index contributed by atoms with van der Waals surface area (Å²) in [7, 11) is 1.71. The third kappa shape index (κ3) is 1.90. The molecule has 2 aromatic rings. The van der Waals surface area contributed by atoms with Crippen molar-refractivity contribution in [1.29, 1.82) is 5.26 Å². The highest BCUT2D eigenvalue weighted by Gasteiger charge is 2.31. The summed E-state index contributed by atoms with van der Waals surface area (Å²) < 4.78 is 5.90. The Morgan fingerprint density at radius 3 is 2.55 bits per heavy atom. The van der Waals surface area contributed by atoms with Crippen molar-refractivity contribution in [2.75, 3.05) is 7.05 Å². The van der Waals surface area contributed by atoms with E-state index < -0.39 is 6.23 Å². The summed E-state index contributed by atoms with van der Waals surface area (Å²) in [6, 6.07) is 16.3. The summed E-state index contributed by atoms with van der Waals surface area (Å²) in [5.74, 6) is 0.520. The Balaban J connectivity index is 1.99. The van der Waals surface area contributed by atoms with Crippen molar-refractivity contribution in [2.24, 2.45) is 0 Å². The summed E-state index contributed by atoms with van der Waals surface area (Å²) in [5, 5.41) is 8.82. The number of carbonyl (C=O) groups excluding carboxylic acids is 1. The number of amides is 1. The van der Waals surface area contributed by atoms with Gasteiger partial charge in [-0.2, -0.15) is 5.26 Å². The first-order valence-corrected chi connectivity index (χ1v) is 6.23. The van der Waals surface area contributed by atoms with Gasteiger partial charge >= 0.3 is 0 Å². The number of ether oxygens (including phenoxy) is 1. The molecular formula is C16H12N2O2. The van der Waals surface area contributed by atoms with Gasteiger partial charge in [-0.3, -0.25) is 4.79 Å². The van der Waals surface area contributed by atoms with Crippen LogP contribution in [0.1, 0.15) is 27.7 Å².